The number of carbonyl (C=O) groups excluding carboxylic acids is 1. The van der Waals surface area contributed by atoms with Crippen molar-refractivity contribution in [3.8, 4) is 0 Å². The van der Waals surface area contributed by atoms with Gasteiger partial charge in [-0.25, -0.2) is 4.79 Å². The van der Waals surface area contributed by atoms with Gasteiger partial charge in [-0.3, -0.25) is 9.48 Å². The Balaban J connectivity index is 2.30. The van der Waals surface area contributed by atoms with Crippen molar-refractivity contribution in [2.24, 2.45) is 5.92 Å². The molecule has 1 aromatic heterocycles. The molecule has 0 saturated carbocycles. The van der Waals surface area contributed by atoms with Gasteiger partial charge in [0.2, 0.25) is 5.91 Å². The van der Waals surface area contributed by atoms with E-state index in [-0.39, 0.29) is 11.8 Å². The Morgan fingerprint density at radius 2 is 2.17 bits per heavy atom. The molecular formula is C12H19N3O3. The molecule has 0 saturated heterocycles. The number of amides is 1. The smallest absolute Gasteiger partial charge is 0.326 e. The van der Waals surface area contributed by atoms with E-state index in [9.17, 15) is 9.59 Å². The van der Waals surface area contributed by atoms with Crippen LogP contribution in [0, 0.1) is 5.92 Å². The highest BCUT2D eigenvalue weighted by atomic mass is 16.4. The maximum absolute atomic E-state index is 11.6. The summed E-state index contributed by atoms with van der Waals surface area (Å²) in [6, 6.07) is 1.00. The van der Waals surface area contributed by atoms with Crippen LogP contribution in [0.5, 0.6) is 0 Å². The number of nitrogens with zero attached hydrogens (tertiary/aromatic N) is 2. The third-order valence-electron chi connectivity index (χ3n) is 2.60. The maximum Gasteiger partial charge on any atom is 0.326 e. The van der Waals surface area contributed by atoms with Crippen molar-refractivity contribution in [1.82, 2.24) is 15.1 Å². The first-order chi connectivity index (χ1) is 8.50. The molecule has 6 nitrogen and oxygen atoms in total. The van der Waals surface area contributed by atoms with Crippen LogP contribution in [-0.4, -0.2) is 32.8 Å². The number of nitrogens with one attached hydrogen (secondary N) is 1. The van der Waals surface area contributed by atoms with Crippen LogP contribution < -0.4 is 5.32 Å². The highest BCUT2D eigenvalue weighted by Gasteiger charge is 2.22. The summed E-state index contributed by atoms with van der Waals surface area (Å²) in [5, 5.41) is 15.5. The zero-order valence-electron chi connectivity index (χ0n) is 10.7. The highest BCUT2D eigenvalue weighted by Crippen LogP contribution is 2.03. The molecule has 0 aliphatic heterocycles. The SMILES string of the molecule is CC(C)[C@H](NC(=O)CCCn1cccn1)C(=O)O. The summed E-state index contributed by atoms with van der Waals surface area (Å²) < 4.78 is 1.74. The lowest BCUT2D eigenvalue weighted by atomic mass is 10.0. The van der Waals surface area contributed by atoms with Gasteiger partial charge < -0.3 is 10.4 Å². The van der Waals surface area contributed by atoms with E-state index in [1.165, 1.54) is 0 Å². The molecule has 18 heavy (non-hydrogen) atoms. The van der Waals surface area contributed by atoms with E-state index in [2.05, 4.69) is 10.4 Å². The zero-order chi connectivity index (χ0) is 13.5. The first-order valence-corrected chi connectivity index (χ1v) is 6.00. The van der Waals surface area contributed by atoms with Crippen molar-refractivity contribution in [3.63, 3.8) is 0 Å². The molecule has 1 heterocycles. The highest BCUT2D eigenvalue weighted by molar-refractivity contribution is 5.83. The van der Waals surface area contributed by atoms with Crippen LogP contribution in [0.25, 0.3) is 0 Å². The largest absolute Gasteiger partial charge is 0.480 e. The third kappa shape index (κ3) is 4.57. The Morgan fingerprint density at radius 1 is 1.44 bits per heavy atom. The van der Waals surface area contributed by atoms with Crippen molar-refractivity contribution < 1.29 is 14.7 Å². The number of aromatic nitrogens is 2. The molecule has 2 N–H and O–H groups in total. The van der Waals surface area contributed by atoms with Crippen molar-refractivity contribution in [1.29, 1.82) is 0 Å². The fourth-order valence-electron chi connectivity index (χ4n) is 1.59. The molecule has 0 aliphatic rings. The van der Waals surface area contributed by atoms with E-state index < -0.39 is 12.0 Å². The predicted molar refractivity (Wildman–Crippen MR) is 65.9 cm³/mol. The van der Waals surface area contributed by atoms with E-state index in [1.807, 2.05) is 12.3 Å². The van der Waals surface area contributed by atoms with Crippen molar-refractivity contribution in [2.75, 3.05) is 0 Å². The Labute approximate surface area is 106 Å². The molecule has 100 valence electrons. The van der Waals surface area contributed by atoms with Crippen LogP contribution in [0.4, 0.5) is 0 Å². The summed E-state index contributed by atoms with van der Waals surface area (Å²) in [5.41, 5.74) is 0. The number of aliphatic carboxylic acids is 1. The summed E-state index contributed by atoms with van der Waals surface area (Å²) in [4.78, 5) is 22.5. The maximum atomic E-state index is 11.6. The van der Waals surface area contributed by atoms with Gasteiger partial charge in [-0.1, -0.05) is 13.8 Å². The molecule has 1 amide bonds. The van der Waals surface area contributed by atoms with E-state index >= 15 is 0 Å². The van der Waals surface area contributed by atoms with Crippen LogP contribution in [0.1, 0.15) is 26.7 Å². The van der Waals surface area contributed by atoms with Gasteiger partial charge in [0.25, 0.3) is 0 Å². The van der Waals surface area contributed by atoms with Gasteiger partial charge in [-0.2, -0.15) is 5.10 Å². The number of carboxylic acids is 1. The van der Waals surface area contributed by atoms with Gasteiger partial charge in [0.1, 0.15) is 6.04 Å². The van der Waals surface area contributed by atoms with E-state index in [0.717, 1.165) is 0 Å². The lowest BCUT2D eigenvalue weighted by Gasteiger charge is -2.17. The van der Waals surface area contributed by atoms with Gasteiger partial charge in [0, 0.05) is 25.4 Å². The van der Waals surface area contributed by atoms with Crippen molar-refractivity contribution in [3.05, 3.63) is 18.5 Å². The molecule has 0 radical (unpaired) electrons. The molecule has 6 heteroatoms. The standard InChI is InChI=1S/C12H19N3O3/c1-9(2)11(12(17)18)14-10(16)5-3-7-15-8-4-6-13-15/h4,6,8-9,11H,3,5,7H2,1-2H3,(H,14,16)(H,17,18)/t11-/m0/s1. The van der Waals surface area contributed by atoms with Gasteiger partial charge >= 0.3 is 5.97 Å². The zero-order valence-corrected chi connectivity index (χ0v) is 10.7. The molecule has 0 fully saturated rings. The van der Waals surface area contributed by atoms with Crippen LogP contribution >= 0.6 is 0 Å². The Morgan fingerprint density at radius 3 is 2.67 bits per heavy atom. The molecule has 0 aromatic carbocycles. The molecule has 0 bridgehead atoms. The minimum atomic E-state index is -0.995. The second-order valence-electron chi connectivity index (χ2n) is 4.50. The summed E-state index contributed by atoms with van der Waals surface area (Å²) in [7, 11) is 0. The Hall–Kier alpha value is -1.85. The van der Waals surface area contributed by atoms with E-state index in [1.54, 1.807) is 24.7 Å². The summed E-state index contributed by atoms with van der Waals surface area (Å²) in [6.07, 6.45) is 4.44. The molecule has 0 aliphatic carbocycles. The quantitative estimate of drug-likeness (QED) is 0.755. The van der Waals surface area contributed by atoms with Crippen LogP contribution in [-0.2, 0) is 16.1 Å². The summed E-state index contributed by atoms with van der Waals surface area (Å²) in [5.74, 6) is -1.36. The van der Waals surface area contributed by atoms with Gasteiger partial charge in [-0.05, 0) is 18.4 Å². The van der Waals surface area contributed by atoms with Crippen LogP contribution in [0.2, 0.25) is 0 Å². The molecule has 1 rings (SSSR count). The second kappa shape index (κ2) is 6.78. The van der Waals surface area contributed by atoms with Crippen LogP contribution in [0.15, 0.2) is 18.5 Å². The summed E-state index contributed by atoms with van der Waals surface area (Å²) in [6.45, 7) is 4.19. The Bertz CT molecular complexity index is 387. The first-order valence-electron chi connectivity index (χ1n) is 6.00. The second-order valence-corrected chi connectivity index (χ2v) is 4.50. The first kappa shape index (κ1) is 14.2. The number of hydrogen-bond donors (Lipinski definition) is 2. The molecule has 1 atom stereocenters. The number of hydrogen-bond acceptors (Lipinski definition) is 3. The number of rotatable bonds is 7. The van der Waals surface area contributed by atoms with Crippen molar-refractivity contribution in [2.45, 2.75) is 39.3 Å². The van der Waals surface area contributed by atoms with Crippen LogP contribution in [0.3, 0.4) is 0 Å². The lowest BCUT2D eigenvalue weighted by molar-refractivity contribution is -0.143. The summed E-state index contributed by atoms with van der Waals surface area (Å²) >= 11 is 0. The fourth-order valence-corrected chi connectivity index (χ4v) is 1.59. The normalized spacial score (nSPS) is 12.4. The van der Waals surface area contributed by atoms with E-state index in [0.29, 0.717) is 19.4 Å². The molecule has 0 spiro atoms. The number of carboxylic acid groups (broad SMARTS) is 1. The average molecular weight is 253 g/mol. The fraction of sp³-hybridized carbons (Fsp3) is 0.583. The van der Waals surface area contributed by atoms with Crippen molar-refractivity contribution >= 4 is 11.9 Å². The third-order valence-corrected chi connectivity index (χ3v) is 2.60. The van der Waals surface area contributed by atoms with Gasteiger partial charge in [0.05, 0.1) is 0 Å². The number of carbonyl (C=O) groups is 2. The lowest BCUT2D eigenvalue weighted by Crippen LogP contribution is -2.44. The number of aryl methyl sites for hydroxylation is 1. The van der Waals surface area contributed by atoms with Gasteiger partial charge in [-0.15, -0.1) is 0 Å². The molecular weight excluding hydrogens is 234 g/mol. The minimum absolute atomic E-state index is 0.127. The molecule has 1 aromatic rings. The predicted octanol–water partition coefficient (Wildman–Crippen LogP) is 0.889. The topological polar surface area (TPSA) is 84.2 Å². The molecule has 0 unspecified atom stereocenters. The monoisotopic (exact) mass is 253 g/mol. The van der Waals surface area contributed by atoms with Gasteiger partial charge in [0.15, 0.2) is 0 Å². The minimum Gasteiger partial charge on any atom is -0.480 e. The average Bonchev–Trinajstić information content (AvgIpc) is 2.78. The Kier molecular flexibility index (Phi) is 5.35. The van der Waals surface area contributed by atoms with E-state index in [4.69, 9.17) is 5.11 Å².